The molecule has 0 amide bonds. The summed E-state index contributed by atoms with van der Waals surface area (Å²) < 4.78 is 0. The second kappa shape index (κ2) is 4.63. The van der Waals surface area contributed by atoms with Gasteiger partial charge < -0.3 is 10.6 Å². The number of nitrogens with zero attached hydrogens (tertiary/aromatic N) is 1. The molecular weight excluding hydrogens is 244 g/mol. The molecule has 2 aromatic rings. The van der Waals surface area contributed by atoms with Crippen molar-refractivity contribution in [3.8, 4) is 0 Å². The summed E-state index contributed by atoms with van der Waals surface area (Å²) in [6, 6.07) is 16.5. The minimum absolute atomic E-state index is 0.119. The van der Waals surface area contributed by atoms with Gasteiger partial charge in [-0.2, -0.15) is 0 Å². The maximum atomic E-state index is 6.15. The lowest BCUT2D eigenvalue weighted by atomic mass is 10.1. The summed E-state index contributed by atoms with van der Waals surface area (Å²) in [5.74, 6) is 0. The summed E-state index contributed by atoms with van der Waals surface area (Å²) in [6.07, 6.45) is 0. The van der Waals surface area contributed by atoms with Crippen molar-refractivity contribution in [1.29, 1.82) is 0 Å². The van der Waals surface area contributed by atoms with Gasteiger partial charge in [-0.3, -0.25) is 0 Å². The molecule has 3 rings (SSSR count). The smallest absolute Gasteiger partial charge is 0.0493 e. The van der Waals surface area contributed by atoms with E-state index >= 15 is 0 Å². The Labute approximate surface area is 112 Å². The van der Waals surface area contributed by atoms with Crippen LogP contribution in [0.15, 0.2) is 48.5 Å². The molecular formula is C15H15ClN2. The molecule has 1 atom stereocenters. The van der Waals surface area contributed by atoms with Crippen molar-refractivity contribution in [3.05, 3.63) is 64.7 Å². The van der Waals surface area contributed by atoms with E-state index in [1.54, 1.807) is 0 Å². The monoisotopic (exact) mass is 258 g/mol. The molecule has 0 unspecified atom stereocenters. The highest BCUT2D eigenvalue weighted by Gasteiger charge is 2.24. The van der Waals surface area contributed by atoms with Gasteiger partial charge in [0.1, 0.15) is 0 Å². The van der Waals surface area contributed by atoms with E-state index in [-0.39, 0.29) is 6.04 Å². The van der Waals surface area contributed by atoms with Crippen LogP contribution in [0.5, 0.6) is 0 Å². The maximum Gasteiger partial charge on any atom is 0.0493 e. The molecule has 0 aromatic heterocycles. The van der Waals surface area contributed by atoms with E-state index in [4.69, 9.17) is 17.3 Å². The quantitative estimate of drug-likeness (QED) is 0.895. The molecule has 0 spiro atoms. The summed E-state index contributed by atoms with van der Waals surface area (Å²) in [4.78, 5) is 2.32. The van der Waals surface area contributed by atoms with Crippen LogP contribution < -0.4 is 10.6 Å². The highest BCUT2D eigenvalue weighted by atomic mass is 35.5. The standard InChI is InChI=1S/C15H15ClN2/c16-12-7-5-11(6-8-12)9-18-10-14(17)13-3-1-2-4-15(13)18/h1-8,14H,9-10,17H2/t14-/m1/s1. The van der Waals surface area contributed by atoms with Gasteiger partial charge in [-0.1, -0.05) is 41.9 Å². The van der Waals surface area contributed by atoms with Crippen molar-refractivity contribution in [2.45, 2.75) is 12.6 Å². The summed E-state index contributed by atoms with van der Waals surface area (Å²) in [5.41, 5.74) is 9.90. The zero-order chi connectivity index (χ0) is 12.5. The van der Waals surface area contributed by atoms with Crippen molar-refractivity contribution >= 4 is 17.3 Å². The van der Waals surface area contributed by atoms with Crippen LogP contribution in [0, 0.1) is 0 Å². The van der Waals surface area contributed by atoms with Crippen molar-refractivity contribution in [2.24, 2.45) is 5.73 Å². The molecule has 0 radical (unpaired) electrons. The maximum absolute atomic E-state index is 6.15. The van der Waals surface area contributed by atoms with E-state index in [1.807, 2.05) is 18.2 Å². The van der Waals surface area contributed by atoms with Crippen molar-refractivity contribution in [1.82, 2.24) is 0 Å². The Morgan fingerprint density at radius 2 is 1.83 bits per heavy atom. The molecule has 2 N–H and O–H groups in total. The summed E-state index contributed by atoms with van der Waals surface area (Å²) in [6.45, 7) is 1.75. The molecule has 0 saturated heterocycles. The van der Waals surface area contributed by atoms with Gasteiger partial charge in [0, 0.05) is 29.8 Å². The fourth-order valence-corrected chi connectivity index (χ4v) is 2.61. The van der Waals surface area contributed by atoms with E-state index in [2.05, 4.69) is 35.2 Å². The third-order valence-corrected chi connectivity index (χ3v) is 3.63. The Morgan fingerprint density at radius 1 is 1.11 bits per heavy atom. The minimum atomic E-state index is 0.119. The highest BCUT2D eigenvalue weighted by molar-refractivity contribution is 6.30. The molecule has 2 nitrogen and oxygen atoms in total. The van der Waals surface area contributed by atoms with Crippen molar-refractivity contribution in [2.75, 3.05) is 11.4 Å². The van der Waals surface area contributed by atoms with Crippen molar-refractivity contribution in [3.63, 3.8) is 0 Å². The first-order chi connectivity index (χ1) is 8.74. The van der Waals surface area contributed by atoms with Crippen LogP contribution in [-0.4, -0.2) is 6.54 Å². The van der Waals surface area contributed by atoms with Gasteiger partial charge >= 0.3 is 0 Å². The molecule has 1 heterocycles. The van der Waals surface area contributed by atoms with Gasteiger partial charge in [0.25, 0.3) is 0 Å². The number of halogens is 1. The van der Waals surface area contributed by atoms with Crippen LogP contribution in [0.1, 0.15) is 17.2 Å². The van der Waals surface area contributed by atoms with Gasteiger partial charge in [-0.15, -0.1) is 0 Å². The number of benzene rings is 2. The van der Waals surface area contributed by atoms with E-state index in [1.165, 1.54) is 16.8 Å². The first-order valence-electron chi connectivity index (χ1n) is 6.08. The zero-order valence-corrected chi connectivity index (χ0v) is 10.8. The zero-order valence-electron chi connectivity index (χ0n) is 10.0. The minimum Gasteiger partial charge on any atom is -0.365 e. The molecule has 2 aromatic carbocycles. The first-order valence-corrected chi connectivity index (χ1v) is 6.46. The third-order valence-electron chi connectivity index (χ3n) is 3.38. The number of hydrogen-bond acceptors (Lipinski definition) is 2. The molecule has 0 fully saturated rings. The largest absolute Gasteiger partial charge is 0.365 e. The van der Waals surface area contributed by atoms with Gasteiger partial charge in [0.2, 0.25) is 0 Å². The van der Waals surface area contributed by atoms with Crippen LogP contribution in [0.3, 0.4) is 0 Å². The summed E-state index contributed by atoms with van der Waals surface area (Å²) in [7, 11) is 0. The normalized spacial score (nSPS) is 17.9. The number of para-hydroxylation sites is 1. The second-order valence-corrected chi connectivity index (χ2v) is 5.11. The topological polar surface area (TPSA) is 29.3 Å². The van der Waals surface area contributed by atoms with E-state index in [0.29, 0.717) is 0 Å². The fourth-order valence-electron chi connectivity index (χ4n) is 2.48. The molecule has 1 aliphatic rings. The lowest BCUT2D eigenvalue weighted by molar-refractivity contribution is 0.720. The Kier molecular flexibility index (Phi) is 2.98. The average molecular weight is 259 g/mol. The summed E-state index contributed by atoms with van der Waals surface area (Å²) >= 11 is 5.90. The van der Waals surface area contributed by atoms with Gasteiger partial charge in [0.15, 0.2) is 0 Å². The molecule has 0 aliphatic carbocycles. The Morgan fingerprint density at radius 3 is 2.61 bits per heavy atom. The molecule has 92 valence electrons. The average Bonchev–Trinajstić information content (AvgIpc) is 2.70. The van der Waals surface area contributed by atoms with E-state index in [9.17, 15) is 0 Å². The van der Waals surface area contributed by atoms with Crippen LogP contribution in [0.25, 0.3) is 0 Å². The fraction of sp³-hybridized carbons (Fsp3) is 0.200. The predicted molar refractivity (Wildman–Crippen MR) is 75.9 cm³/mol. The Bertz CT molecular complexity index is 551. The number of hydrogen-bond donors (Lipinski definition) is 1. The lowest BCUT2D eigenvalue weighted by Gasteiger charge is -2.19. The molecule has 18 heavy (non-hydrogen) atoms. The van der Waals surface area contributed by atoms with Crippen LogP contribution in [0.4, 0.5) is 5.69 Å². The Balaban J connectivity index is 1.85. The first kappa shape index (κ1) is 11.6. The third kappa shape index (κ3) is 2.09. The molecule has 1 aliphatic heterocycles. The summed E-state index contributed by atoms with van der Waals surface area (Å²) in [5, 5.41) is 0.775. The van der Waals surface area contributed by atoms with Gasteiger partial charge in [0.05, 0.1) is 0 Å². The van der Waals surface area contributed by atoms with Gasteiger partial charge in [-0.05, 0) is 29.3 Å². The van der Waals surface area contributed by atoms with Crippen LogP contribution >= 0.6 is 11.6 Å². The molecule has 3 heteroatoms. The predicted octanol–water partition coefficient (Wildman–Crippen LogP) is 3.36. The second-order valence-electron chi connectivity index (χ2n) is 4.67. The molecule has 0 saturated carbocycles. The molecule has 0 bridgehead atoms. The van der Waals surface area contributed by atoms with E-state index in [0.717, 1.165) is 18.1 Å². The van der Waals surface area contributed by atoms with E-state index < -0.39 is 0 Å². The number of anilines is 1. The number of nitrogens with two attached hydrogens (primary N) is 1. The SMILES string of the molecule is N[C@@H]1CN(Cc2ccc(Cl)cc2)c2ccccc21. The lowest BCUT2D eigenvalue weighted by Crippen LogP contribution is -2.23. The van der Waals surface area contributed by atoms with Gasteiger partial charge in [-0.25, -0.2) is 0 Å². The highest BCUT2D eigenvalue weighted by Crippen LogP contribution is 2.34. The van der Waals surface area contributed by atoms with Crippen molar-refractivity contribution < 1.29 is 0 Å². The Hall–Kier alpha value is -1.51. The number of fused-ring (bicyclic) bond motifs is 1. The van der Waals surface area contributed by atoms with Crippen LogP contribution in [-0.2, 0) is 6.54 Å². The van der Waals surface area contributed by atoms with Crippen LogP contribution in [0.2, 0.25) is 5.02 Å². The number of rotatable bonds is 2.